The highest BCUT2D eigenvalue weighted by Gasteiger charge is 2.51. The predicted molar refractivity (Wildman–Crippen MR) is 107 cm³/mol. The minimum absolute atomic E-state index is 0.270. The van der Waals surface area contributed by atoms with Crippen LogP contribution in [0.1, 0.15) is 48.5 Å². The van der Waals surface area contributed by atoms with E-state index < -0.39 is 12.7 Å². The number of pyridine rings is 1. The van der Waals surface area contributed by atoms with Crippen molar-refractivity contribution in [1.82, 2.24) is 9.88 Å². The lowest BCUT2D eigenvalue weighted by Crippen LogP contribution is -2.53. The molecule has 0 atom stereocenters. The fraction of sp³-hybridized carbons (Fsp3) is 0.700. The van der Waals surface area contributed by atoms with Crippen molar-refractivity contribution < 1.29 is 23.6 Å². The lowest BCUT2D eigenvalue weighted by Gasteiger charge is -2.39. The molecule has 154 valence electrons. The molecule has 0 unspecified atom stereocenters. The molecular formula is C20H31BN2O5. The second-order valence-corrected chi connectivity index (χ2v) is 9.58. The lowest BCUT2D eigenvalue weighted by atomic mass is 9.80. The number of aromatic nitrogens is 1. The minimum Gasteiger partial charge on any atom is -0.477 e. The molecule has 0 radical (unpaired) electrons. The Labute approximate surface area is 167 Å². The van der Waals surface area contributed by atoms with Gasteiger partial charge in [0.1, 0.15) is 5.60 Å². The number of hydrogen-bond donors (Lipinski definition) is 0. The number of rotatable bonds is 4. The Balaban J connectivity index is 1.45. The summed E-state index contributed by atoms with van der Waals surface area (Å²) in [6, 6.07) is 3.74. The van der Waals surface area contributed by atoms with Gasteiger partial charge in [0.15, 0.2) is 0 Å². The number of ether oxygens (including phenoxy) is 2. The molecule has 3 heterocycles. The SMILES string of the molecule is CC(C)(C)OC(=O)N1CC(COc2ccc(B3OC(C)(C)C(C)(C)O3)cn2)C1. The molecule has 0 aliphatic carbocycles. The van der Waals surface area contributed by atoms with Gasteiger partial charge in [-0.3, -0.25) is 0 Å². The van der Waals surface area contributed by atoms with Gasteiger partial charge in [-0.05, 0) is 54.5 Å². The maximum absolute atomic E-state index is 11.9. The third-order valence-corrected chi connectivity index (χ3v) is 5.36. The van der Waals surface area contributed by atoms with E-state index in [9.17, 15) is 4.79 Å². The molecule has 2 fully saturated rings. The summed E-state index contributed by atoms with van der Waals surface area (Å²) in [5.74, 6) is 0.841. The lowest BCUT2D eigenvalue weighted by molar-refractivity contribution is -0.00807. The summed E-state index contributed by atoms with van der Waals surface area (Å²) in [6.45, 7) is 15.5. The molecule has 8 heteroatoms. The first-order chi connectivity index (χ1) is 12.9. The van der Waals surface area contributed by atoms with Crippen LogP contribution in [-0.2, 0) is 14.0 Å². The number of amides is 1. The summed E-state index contributed by atoms with van der Waals surface area (Å²) in [5.41, 5.74) is -0.360. The van der Waals surface area contributed by atoms with E-state index in [1.807, 2.05) is 60.6 Å². The number of hydrogen-bond acceptors (Lipinski definition) is 6. The first-order valence-corrected chi connectivity index (χ1v) is 9.79. The van der Waals surface area contributed by atoms with Gasteiger partial charge in [0.05, 0.1) is 17.8 Å². The summed E-state index contributed by atoms with van der Waals surface area (Å²) >= 11 is 0. The smallest absolute Gasteiger partial charge is 0.477 e. The Morgan fingerprint density at radius 3 is 2.32 bits per heavy atom. The van der Waals surface area contributed by atoms with Crippen molar-refractivity contribution in [3.8, 4) is 5.88 Å². The summed E-state index contributed by atoms with van der Waals surface area (Å²) in [5, 5.41) is 0. The highest BCUT2D eigenvalue weighted by molar-refractivity contribution is 6.62. The molecule has 0 N–H and O–H groups in total. The predicted octanol–water partition coefficient (Wildman–Crippen LogP) is 2.63. The number of nitrogens with zero attached hydrogens (tertiary/aromatic N) is 2. The molecule has 0 saturated carbocycles. The average Bonchev–Trinajstić information content (AvgIpc) is 2.72. The molecule has 0 bridgehead atoms. The molecule has 7 nitrogen and oxygen atoms in total. The van der Waals surface area contributed by atoms with Gasteiger partial charge in [0.2, 0.25) is 5.88 Å². The fourth-order valence-electron chi connectivity index (χ4n) is 2.95. The van der Waals surface area contributed by atoms with Crippen molar-refractivity contribution in [3.63, 3.8) is 0 Å². The summed E-state index contributed by atoms with van der Waals surface area (Å²) < 4.78 is 23.2. The molecule has 1 amide bonds. The fourth-order valence-corrected chi connectivity index (χ4v) is 2.95. The van der Waals surface area contributed by atoms with E-state index in [-0.39, 0.29) is 23.2 Å². The summed E-state index contributed by atoms with van der Waals surface area (Å²) in [6.07, 6.45) is 1.46. The molecule has 1 aromatic rings. The van der Waals surface area contributed by atoms with Crippen molar-refractivity contribution in [2.24, 2.45) is 5.92 Å². The van der Waals surface area contributed by atoms with Gasteiger partial charge >= 0.3 is 13.2 Å². The summed E-state index contributed by atoms with van der Waals surface area (Å²) in [7, 11) is -0.430. The molecule has 2 aliphatic rings. The van der Waals surface area contributed by atoms with Gasteiger partial charge in [-0.2, -0.15) is 0 Å². The van der Waals surface area contributed by atoms with Gasteiger partial charge < -0.3 is 23.7 Å². The van der Waals surface area contributed by atoms with Crippen molar-refractivity contribution in [1.29, 1.82) is 0 Å². The zero-order valence-corrected chi connectivity index (χ0v) is 17.9. The van der Waals surface area contributed by atoms with Gasteiger partial charge in [-0.15, -0.1) is 0 Å². The van der Waals surface area contributed by atoms with E-state index in [0.717, 1.165) is 5.46 Å². The third kappa shape index (κ3) is 4.60. The quantitative estimate of drug-likeness (QED) is 0.737. The highest BCUT2D eigenvalue weighted by Crippen LogP contribution is 2.36. The van der Waals surface area contributed by atoms with Crippen LogP contribution in [-0.4, -0.2) is 59.6 Å². The highest BCUT2D eigenvalue weighted by atomic mass is 16.7. The van der Waals surface area contributed by atoms with Crippen LogP contribution in [0.25, 0.3) is 0 Å². The van der Waals surface area contributed by atoms with Gasteiger partial charge in [-0.1, -0.05) is 6.07 Å². The Bertz CT molecular complexity index is 692. The van der Waals surface area contributed by atoms with Crippen molar-refractivity contribution in [3.05, 3.63) is 18.3 Å². The second-order valence-electron chi connectivity index (χ2n) is 9.58. The van der Waals surface area contributed by atoms with E-state index in [1.165, 1.54) is 0 Å². The standard InChI is InChI=1S/C20H31BN2O5/c1-18(2,3)26-17(24)23-11-14(12-23)13-25-16-9-8-15(10-22-16)21-27-19(4,5)20(6,7)28-21/h8-10,14H,11-13H2,1-7H3. The van der Waals surface area contributed by atoms with E-state index in [4.69, 9.17) is 18.8 Å². The van der Waals surface area contributed by atoms with Crippen LogP contribution in [0.15, 0.2) is 18.3 Å². The normalized spacial score (nSPS) is 21.4. The van der Waals surface area contributed by atoms with Crippen LogP contribution in [0.2, 0.25) is 0 Å². The zero-order valence-electron chi connectivity index (χ0n) is 17.9. The van der Waals surface area contributed by atoms with Crippen molar-refractivity contribution in [2.75, 3.05) is 19.7 Å². The topological polar surface area (TPSA) is 70.1 Å². The monoisotopic (exact) mass is 390 g/mol. The van der Waals surface area contributed by atoms with Crippen LogP contribution in [0.4, 0.5) is 4.79 Å². The number of likely N-dealkylation sites (tertiary alicyclic amines) is 1. The Morgan fingerprint density at radius 2 is 1.82 bits per heavy atom. The average molecular weight is 390 g/mol. The molecule has 3 rings (SSSR count). The van der Waals surface area contributed by atoms with E-state index >= 15 is 0 Å². The summed E-state index contributed by atoms with van der Waals surface area (Å²) in [4.78, 5) is 18.0. The molecule has 0 spiro atoms. The van der Waals surface area contributed by atoms with Crippen molar-refractivity contribution in [2.45, 2.75) is 65.3 Å². The first kappa shape index (κ1) is 20.9. The van der Waals surface area contributed by atoms with Gasteiger partial charge in [0.25, 0.3) is 0 Å². The molecule has 28 heavy (non-hydrogen) atoms. The van der Waals surface area contributed by atoms with E-state index in [2.05, 4.69) is 4.98 Å². The molecule has 0 aromatic carbocycles. The molecular weight excluding hydrogens is 359 g/mol. The van der Waals surface area contributed by atoms with Crippen LogP contribution in [0.5, 0.6) is 5.88 Å². The maximum Gasteiger partial charge on any atom is 0.496 e. The van der Waals surface area contributed by atoms with Crippen LogP contribution < -0.4 is 10.2 Å². The second kappa shape index (κ2) is 7.23. The zero-order chi connectivity index (χ0) is 20.7. The molecule has 2 saturated heterocycles. The van der Waals surface area contributed by atoms with Gasteiger partial charge in [-0.25, -0.2) is 9.78 Å². The number of carbonyl (C=O) groups excluding carboxylic acids is 1. The minimum atomic E-state index is -0.471. The maximum atomic E-state index is 11.9. The third-order valence-electron chi connectivity index (χ3n) is 5.36. The van der Waals surface area contributed by atoms with Crippen LogP contribution >= 0.6 is 0 Å². The van der Waals surface area contributed by atoms with Gasteiger partial charge in [0, 0.05) is 30.7 Å². The number of carbonyl (C=O) groups is 1. The van der Waals surface area contributed by atoms with E-state index in [0.29, 0.717) is 25.6 Å². The Hall–Kier alpha value is -1.80. The Kier molecular flexibility index (Phi) is 5.40. The van der Waals surface area contributed by atoms with Crippen LogP contribution in [0.3, 0.4) is 0 Å². The first-order valence-electron chi connectivity index (χ1n) is 9.79. The molecule has 1 aromatic heterocycles. The Morgan fingerprint density at radius 1 is 1.21 bits per heavy atom. The molecule has 2 aliphatic heterocycles. The van der Waals surface area contributed by atoms with Crippen LogP contribution in [0, 0.1) is 5.92 Å². The van der Waals surface area contributed by atoms with Crippen molar-refractivity contribution >= 4 is 18.7 Å². The van der Waals surface area contributed by atoms with E-state index in [1.54, 1.807) is 11.1 Å². The largest absolute Gasteiger partial charge is 0.496 e.